The van der Waals surface area contributed by atoms with Crippen LogP contribution in [0.2, 0.25) is 10.0 Å². The SMILES string of the molecule is N#C/C(=N\Nc1cc(Cl)c(S(=O)(=O)O)cc1Cl)C(=N)N. The number of nitrogens with one attached hydrogen (secondary N) is 2. The Labute approximate surface area is 124 Å². The topological polar surface area (TPSA) is 152 Å². The Morgan fingerprint density at radius 3 is 2.50 bits per heavy atom. The third-order valence-corrected chi connectivity index (χ3v) is 3.58. The van der Waals surface area contributed by atoms with Crippen LogP contribution in [0.25, 0.3) is 0 Å². The van der Waals surface area contributed by atoms with Crippen molar-refractivity contribution in [2.45, 2.75) is 4.90 Å². The van der Waals surface area contributed by atoms with Gasteiger partial charge in [-0.15, -0.1) is 0 Å². The molecule has 0 radical (unpaired) electrons. The molecule has 0 saturated heterocycles. The van der Waals surface area contributed by atoms with Crippen LogP contribution < -0.4 is 11.2 Å². The largest absolute Gasteiger partial charge is 0.382 e. The molecule has 5 N–H and O–H groups in total. The normalized spacial score (nSPS) is 11.8. The average Bonchev–Trinajstić information content (AvgIpc) is 2.31. The zero-order valence-corrected chi connectivity index (χ0v) is 11.9. The molecule has 106 valence electrons. The monoisotopic (exact) mass is 335 g/mol. The number of nitrogens with zero attached hydrogens (tertiary/aromatic N) is 2. The Hall–Kier alpha value is -1.86. The molecule has 1 aromatic rings. The Kier molecular flexibility index (Phi) is 4.91. The van der Waals surface area contributed by atoms with E-state index in [0.717, 1.165) is 12.1 Å². The second-order valence-electron chi connectivity index (χ2n) is 3.34. The highest BCUT2D eigenvalue weighted by atomic mass is 35.5. The smallest absolute Gasteiger partial charge is 0.296 e. The van der Waals surface area contributed by atoms with Crippen LogP contribution >= 0.6 is 23.2 Å². The minimum absolute atomic E-state index is 0.0677. The molecule has 1 rings (SSSR count). The zero-order chi connectivity index (χ0) is 15.5. The van der Waals surface area contributed by atoms with E-state index >= 15 is 0 Å². The first-order valence-corrected chi connectivity index (χ1v) is 6.91. The molecule has 1 aromatic carbocycles. The van der Waals surface area contributed by atoms with E-state index < -0.39 is 26.6 Å². The second kappa shape index (κ2) is 6.06. The summed E-state index contributed by atoms with van der Waals surface area (Å²) < 4.78 is 30.9. The number of anilines is 1. The summed E-state index contributed by atoms with van der Waals surface area (Å²) in [7, 11) is -4.51. The molecular formula is C9H7Cl2N5O3S. The van der Waals surface area contributed by atoms with Crippen LogP contribution in [0.1, 0.15) is 0 Å². The lowest BCUT2D eigenvalue weighted by molar-refractivity contribution is 0.483. The molecule has 0 atom stereocenters. The van der Waals surface area contributed by atoms with Gasteiger partial charge < -0.3 is 5.73 Å². The molecule has 0 aliphatic rings. The fraction of sp³-hybridized carbons (Fsp3) is 0. The molecule has 0 aliphatic heterocycles. The molecule has 11 heteroatoms. The Morgan fingerprint density at radius 2 is 2.05 bits per heavy atom. The molecule has 0 bridgehead atoms. The molecular weight excluding hydrogens is 329 g/mol. The number of halogens is 2. The number of nitriles is 1. The molecule has 20 heavy (non-hydrogen) atoms. The van der Waals surface area contributed by atoms with Crippen LogP contribution in [0.5, 0.6) is 0 Å². The first-order chi connectivity index (χ1) is 9.16. The summed E-state index contributed by atoms with van der Waals surface area (Å²) in [6.07, 6.45) is 0. The number of amidine groups is 1. The van der Waals surface area contributed by atoms with Crippen LogP contribution in [-0.2, 0) is 10.1 Å². The summed E-state index contributed by atoms with van der Waals surface area (Å²) in [6, 6.07) is 3.57. The number of hydrogen-bond donors (Lipinski definition) is 4. The number of rotatable bonds is 4. The summed E-state index contributed by atoms with van der Waals surface area (Å²) in [5, 5.41) is 18.8. The Balaban J connectivity index is 3.22. The fourth-order valence-corrected chi connectivity index (χ4v) is 2.37. The summed E-state index contributed by atoms with van der Waals surface area (Å²) in [6.45, 7) is 0. The fourth-order valence-electron chi connectivity index (χ4n) is 1.07. The summed E-state index contributed by atoms with van der Waals surface area (Å²) >= 11 is 11.5. The van der Waals surface area contributed by atoms with E-state index in [0.29, 0.717) is 0 Å². The van der Waals surface area contributed by atoms with Gasteiger partial charge >= 0.3 is 0 Å². The van der Waals surface area contributed by atoms with Crippen molar-refractivity contribution in [3.8, 4) is 6.07 Å². The molecule has 0 aliphatic carbocycles. The molecule has 0 heterocycles. The van der Waals surface area contributed by atoms with Gasteiger partial charge in [0.2, 0.25) is 5.71 Å². The van der Waals surface area contributed by atoms with E-state index in [9.17, 15) is 8.42 Å². The van der Waals surface area contributed by atoms with Gasteiger partial charge in [-0.2, -0.15) is 18.8 Å². The number of hydrazone groups is 1. The van der Waals surface area contributed by atoms with E-state index in [2.05, 4.69) is 10.5 Å². The maximum Gasteiger partial charge on any atom is 0.296 e. The number of nitrogens with two attached hydrogens (primary N) is 1. The highest BCUT2D eigenvalue weighted by Gasteiger charge is 2.17. The van der Waals surface area contributed by atoms with Crippen LogP contribution in [0, 0.1) is 16.7 Å². The molecule has 0 unspecified atom stereocenters. The molecule has 8 nitrogen and oxygen atoms in total. The number of hydrogen-bond acceptors (Lipinski definition) is 6. The van der Waals surface area contributed by atoms with Crippen molar-refractivity contribution in [3.63, 3.8) is 0 Å². The third kappa shape index (κ3) is 3.82. The van der Waals surface area contributed by atoms with Gasteiger partial charge in [-0.3, -0.25) is 15.4 Å². The predicted octanol–water partition coefficient (Wildman–Crippen LogP) is 1.47. The van der Waals surface area contributed by atoms with E-state index in [1.165, 1.54) is 0 Å². The standard InChI is InChI=1S/C9H7Cl2N5O3S/c10-4-2-8(20(17,18)19)5(11)1-6(4)15-16-7(3-12)9(13)14/h1-2,15H,(H3,13,14)(H,17,18,19)/b16-7+. The van der Waals surface area contributed by atoms with Gasteiger partial charge in [-0.1, -0.05) is 23.2 Å². The quantitative estimate of drug-likeness (QED) is 0.283. The van der Waals surface area contributed by atoms with Crippen molar-refractivity contribution in [2.75, 3.05) is 5.43 Å². The highest BCUT2D eigenvalue weighted by molar-refractivity contribution is 7.86. The lowest BCUT2D eigenvalue weighted by Gasteiger charge is -2.07. The Morgan fingerprint density at radius 1 is 1.45 bits per heavy atom. The lowest BCUT2D eigenvalue weighted by atomic mass is 10.3. The van der Waals surface area contributed by atoms with Crippen LogP contribution in [-0.4, -0.2) is 24.5 Å². The van der Waals surface area contributed by atoms with Crippen molar-refractivity contribution in [1.29, 1.82) is 10.7 Å². The maximum absolute atomic E-state index is 11.0. The number of benzene rings is 1. The van der Waals surface area contributed by atoms with Gasteiger partial charge in [0.25, 0.3) is 10.1 Å². The Bertz CT molecular complexity index is 739. The third-order valence-electron chi connectivity index (χ3n) is 1.95. The maximum atomic E-state index is 11.0. The average molecular weight is 336 g/mol. The lowest BCUT2D eigenvalue weighted by Crippen LogP contribution is -2.21. The van der Waals surface area contributed by atoms with E-state index in [4.69, 9.17) is 44.2 Å². The van der Waals surface area contributed by atoms with Gasteiger partial charge in [0.1, 0.15) is 11.0 Å². The van der Waals surface area contributed by atoms with Gasteiger partial charge in [-0.05, 0) is 12.1 Å². The minimum atomic E-state index is -4.51. The van der Waals surface area contributed by atoms with Crippen molar-refractivity contribution in [1.82, 2.24) is 0 Å². The molecule has 0 fully saturated rings. The molecule has 0 aromatic heterocycles. The van der Waals surface area contributed by atoms with Gasteiger partial charge in [0.15, 0.2) is 5.84 Å². The second-order valence-corrected chi connectivity index (χ2v) is 5.54. The zero-order valence-electron chi connectivity index (χ0n) is 9.55. The van der Waals surface area contributed by atoms with E-state index in [1.54, 1.807) is 6.07 Å². The van der Waals surface area contributed by atoms with Crippen LogP contribution in [0.4, 0.5) is 5.69 Å². The van der Waals surface area contributed by atoms with E-state index in [-0.39, 0.29) is 15.7 Å². The van der Waals surface area contributed by atoms with Crippen molar-refractivity contribution < 1.29 is 13.0 Å². The van der Waals surface area contributed by atoms with E-state index in [1.807, 2.05) is 0 Å². The van der Waals surface area contributed by atoms with Crippen molar-refractivity contribution in [3.05, 3.63) is 22.2 Å². The summed E-state index contributed by atoms with van der Waals surface area (Å²) in [5.41, 5.74) is 7.07. The van der Waals surface area contributed by atoms with Crippen LogP contribution in [0.15, 0.2) is 22.1 Å². The predicted molar refractivity (Wildman–Crippen MR) is 74.9 cm³/mol. The van der Waals surface area contributed by atoms with Crippen LogP contribution in [0.3, 0.4) is 0 Å². The summed E-state index contributed by atoms with van der Waals surface area (Å²) in [4.78, 5) is -0.564. The molecule has 0 amide bonds. The van der Waals surface area contributed by atoms with Crippen molar-refractivity contribution >= 4 is 50.6 Å². The van der Waals surface area contributed by atoms with Crippen molar-refractivity contribution in [2.24, 2.45) is 10.8 Å². The first kappa shape index (κ1) is 16.2. The highest BCUT2D eigenvalue weighted by Crippen LogP contribution is 2.31. The van der Waals surface area contributed by atoms with Gasteiger partial charge in [0.05, 0.1) is 15.7 Å². The van der Waals surface area contributed by atoms with Gasteiger partial charge in [-0.25, -0.2) is 0 Å². The first-order valence-electron chi connectivity index (χ1n) is 4.71. The summed E-state index contributed by atoms with van der Waals surface area (Å²) in [5.74, 6) is -0.559. The molecule has 0 saturated carbocycles. The molecule has 0 spiro atoms. The minimum Gasteiger partial charge on any atom is -0.382 e. The van der Waals surface area contributed by atoms with Gasteiger partial charge in [0, 0.05) is 0 Å².